The number of thiophene rings is 2. The smallest absolute Gasteiger partial charge is 0.260 e. The van der Waals surface area contributed by atoms with Crippen LogP contribution in [0.25, 0.3) is 31.6 Å². The first-order valence-electron chi connectivity index (χ1n) is 7.73. The van der Waals surface area contributed by atoms with E-state index in [9.17, 15) is 9.18 Å². The molecule has 0 saturated carbocycles. The van der Waals surface area contributed by atoms with Crippen LogP contribution >= 0.6 is 34.4 Å². The molecule has 4 aromatic rings. The summed E-state index contributed by atoms with van der Waals surface area (Å²) in [5.74, 6) is 0.249. The summed E-state index contributed by atoms with van der Waals surface area (Å²) in [5, 5.41) is 4.60. The zero-order valence-corrected chi connectivity index (χ0v) is 16.1. The first kappa shape index (κ1) is 17.2. The average Bonchev–Trinajstić information content (AvgIpc) is 3.30. The van der Waals surface area contributed by atoms with E-state index >= 15 is 0 Å². The molecule has 0 aliphatic rings. The number of nitrogens with one attached hydrogen (secondary N) is 1. The van der Waals surface area contributed by atoms with Crippen LogP contribution in [0.2, 0.25) is 0 Å². The minimum absolute atomic E-state index is 0.145. The van der Waals surface area contributed by atoms with Crippen molar-refractivity contribution in [2.45, 2.75) is 0 Å². The third-order valence-electron chi connectivity index (χ3n) is 3.85. The molecule has 0 radical (unpaired) electrons. The fourth-order valence-corrected chi connectivity index (χ4v) is 4.92. The van der Waals surface area contributed by atoms with Gasteiger partial charge in [0.2, 0.25) is 0 Å². The number of benzene rings is 1. The molecule has 0 bridgehead atoms. The quantitative estimate of drug-likeness (QED) is 0.477. The minimum Gasteiger partial charge on any atom is -0.305 e. The summed E-state index contributed by atoms with van der Waals surface area (Å²) in [4.78, 5) is 22.9. The van der Waals surface area contributed by atoms with Gasteiger partial charge in [-0.3, -0.25) is 4.79 Å². The van der Waals surface area contributed by atoms with Crippen LogP contribution in [-0.2, 0) is 0 Å². The first-order chi connectivity index (χ1) is 12.7. The highest BCUT2D eigenvalue weighted by Gasteiger charge is 2.15. The molecule has 3 heterocycles. The van der Waals surface area contributed by atoms with E-state index in [0.717, 1.165) is 20.9 Å². The van der Waals surface area contributed by atoms with Crippen molar-refractivity contribution in [3.8, 4) is 10.4 Å². The van der Waals surface area contributed by atoms with Gasteiger partial charge in [-0.25, -0.2) is 9.37 Å². The monoisotopic (exact) mass is 400 g/mol. The standard InChI is InChI=1S/C19H13FN2OS3/c1-24-15(9-11-4-6-12(20)7-5-11)17-21-18(23)16-13(10-26-19(16)22-17)14-3-2-8-25-14/h2-10H,1H3,(H,21,22,23)/b15-9-. The molecule has 3 nitrogen and oxygen atoms in total. The highest BCUT2D eigenvalue weighted by Crippen LogP contribution is 2.34. The second-order valence-corrected chi connectivity index (χ2v) is 8.14. The summed E-state index contributed by atoms with van der Waals surface area (Å²) < 4.78 is 13.1. The Morgan fingerprint density at radius 2 is 2.04 bits per heavy atom. The van der Waals surface area contributed by atoms with Crippen molar-refractivity contribution < 1.29 is 4.39 Å². The molecule has 1 N–H and O–H groups in total. The normalized spacial score (nSPS) is 12.0. The molecule has 0 spiro atoms. The molecular formula is C19H13FN2OS3. The Labute approximate surface area is 161 Å². The number of fused-ring (bicyclic) bond motifs is 1. The second kappa shape index (κ2) is 7.19. The molecule has 7 heteroatoms. The summed E-state index contributed by atoms with van der Waals surface area (Å²) >= 11 is 4.55. The number of thioether (sulfide) groups is 1. The fourth-order valence-electron chi connectivity index (χ4n) is 2.61. The zero-order valence-electron chi connectivity index (χ0n) is 13.7. The van der Waals surface area contributed by atoms with Crippen LogP contribution in [0, 0.1) is 5.82 Å². The number of rotatable bonds is 4. The van der Waals surface area contributed by atoms with Gasteiger partial charge >= 0.3 is 0 Å². The van der Waals surface area contributed by atoms with Gasteiger partial charge in [0.15, 0.2) is 0 Å². The van der Waals surface area contributed by atoms with Crippen LogP contribution in [0.4, 0.5) is 4.39 Å². The molecule has 0 atom stereocenters. The minimum atomic E-state index is -0.277. The largest absolute Gasteiger partial charge is 0.305 e. The van der Waals surface area contributed by atoms with Crippen molar-refractivity contribution in [3.63, 3.8) is 0 Å². The van der Waals surface area contributed by atoms with Gasteiger partial charge in [0.1, 0.15) is 16.5 Å². The van der Waals surface area contributed by atoms with Gasteiger partial charge in [-0.1, -0.05) is 18.2 Å². The van der Waals surface area contributed by atoms with Gasteiger partial charge in [0.25, 0.3) is 5.56 Å². The number of aromatic nitrogens is 2. The Hall–Kier alpha value is -2.22. The number of aromatic amines is 1. The van der Waals surface area contributed by atoms with E-state index < -0.39 is 0 Å². The van der Waals surface area contributed by atoms with Crippen molar-refractivity contribution in [3.05, 3.63) is 74.7 Å². The first-order valence-corrected chi connectivity index (χ1v) is 10.7. The summed E-state index contributed by atoms with van der Waals surface area (Å²) in [6.45, 7) is 0. The van der Waals surface area contributed by atoms with E-state index in [1.807, 2.05) is 35.2 Å². The van der Waals surface area contributed by atoms with E-state index in [-0.39, 0.29) is 11.4 Å². The van der Waals surface area contributed by atoms with Gasteiger partial charge in [-0.15, -0.1) is 34.4 Å². The Bertz CT molecular complexity index is 1140. The number of H-pyrrole nitrogens is 1. The molecular weight excluding hydrogens is 387 g/mol. The second-order valence-electron chi connectivity index (χ2n) is 5.49. The van der Waals surface area contributed by atoms with Crippen LogP contribution in [0.15, 0.2) is 52.0 Å². The Morgan fingerprint density at radius 3 is 2.73 bits per heavy atom. The van der Waals surface area contributed by atoms with Crippen molar-refractivity contribution in [1.29, 1.82) is 0 Å². The SMILES string of the molecule is CS/C(=C\c1ccc(F)cc1)c1nc2scc(-c3cccs3)c2c(=O)[nH]1. The van der Waals surface area contributed by atoms with Gasteiger partial charge in [0, 0.05) is 15.8 Å². The number of nitrogens with zero attached hydrogens (tertiary/aromatic N) is 1. The van der Waals surface area contributed by atoms with Gasteiger partial charge in [-0.2, -0.15) is 0 Å². The molecule has 0 amide bonds. The molecule has 1 aromatic carbocycles. The number of hydrogen-bond acceptors (Lipinski definition) is 5. The lowest BCUT2D eigenvalue weighted by molar-refractivity contribution is 0.628. The molecule has 0 fully saturated rings. The van der Waals surface area contributed by atoms with E-state index in [1.165, 1.54) is 35.2 Å². The predicted molar refractivity (Wildman–Crippen MR) is 111 cm³/mol. The maximum atomic E-state index is 13.1. The maximum Gasteiger partial charge on any atom is 0.260 e. The molecule has 0 aliphatic heterocycles. The van der Waals surface area contributed by atoms with Gasteiger partial charge in [0.05, 0.1) is 10.3 Å². The summed E-state index contributed by atoms with van der Waals surface area (Å²) in [6.07, 6.45) is 3.81. The van der Waals surface area contributed by atoms with Crippen molar-refractivity contribution in [1.82, 2.24) is 9.97 Å². The third kappa shape index (κ3) is 3.25. The third-order valence-corrected chi connectivity index (χ3v) is 6.38. The lowest BCUT2D eigenvalue weighted by atomic mass is 10.2. The number of hydrogen-bond donors (Lipinski definition) is 1. The molecule has 0 unspecified atom stereocenters. The lowest BCUT2D eigenvalue weighted by Gasteiger charge is -2.05. The molecule has 26 heavy (non-hydrogen) atoms. The summed E-state index contributed by atoms with van der Waals surface area (Å²) in [7, 11) is 0. The Morgan fingerprint density at radius 1 is 1.23 bits per heavy atom. The highest BCUT2D eigenvalue weighted by molar-refractivity contribution is 8.07. The van der Waals surface area contributed by atoms with Crippen molar-refractivity contribution in [2.24, 2.45) is 0 Å². The maximum absolute atomic E-state index is 13.1. The topological polar surface area (TPSA) is 45.8 Å². The molecule has 130 valence electrons. The summed E-state index contributed by atoms with van der Waals surface area (Å²) in [5.41, 5.74) is 1.63. The van der Waals surface area contributed by atoms with Crippen molar-refractivity contribution >= 4 is 55.6 Å². The molecule has 0 aliphatic carbocycles. The van der Waals surface area contributed by atoms with Crippen LogP contribution in [0.1, 0.15) is 11.4 Å². The van der Waals surface area contributed by atoms with E-state index in [0.29, 0.717) is 16.0 Å². The van der Waals surface area contributed by atoms with E-state index in [4.69, 9.17) is 0 Å². The molecule has 4 rings (SSSR count). The van der Waals surface area contributed by atoms with Gasteiger partial charge in [-0.05, 0) is 41.5 Å². The predicted octanol–water partition coefficient (Wildman–Crippen LogP) is 5.71. The van der Waals surface area contributed by atoms with Crippen LogP contribution in [0.3, 0.4) is 0 Å². The number of halogens is 1. The zero-order chi connectivity index (χ0) is 18.1. The van der Waals surface area contributed by atoms with E-state index in [2.05, 4.69) is 9.97 Å². The Balaban J connectivity index is 1.81. The van der Waals surface area contributed by atoms with Crippen LogP contribution in [0.5, 0.6) is 0 Å². The molecule has 0 saturated heterocycles. The lowest BCUT2D eigenvalue weighted by Crippen LogP contribution is -2.10. The van der Waals surface area contributed by atoms with Gasteiger partial charge < -0.3 is 4.98 Å². The van der Waals surface area contributed by atoms with Crippen LogP contribution in [-0.4, -0.2) is 16.2 Å². The fraction of sp³-hybridized carbons (Fsp3) is 0.0526. The summed E-state index contributed by atoms with van der Waals surface area (Å²) in [6, 6.07) is 10.2. The molecule has 3 aromatic heterocycles. The van der Waals surface area contributed by atoms with Crippen LogP contribution < -0.4 is 5.56 Å². The van der Waals surface area contributed by atoms with Crippen molar-refractivity contribution in [2.75, 3.05) is 6.26 Å². The average molecular weight is 401 g/mol. The highest BCUT2D eigenvalue weighted by atomic mass is 32.2. The van der Waals surface area contributed by atoms with E-state index in [1.54, 1.807) is 23.5 Å². The Kier molecular flexibility index (Phi) is 4.76.